The number of carbonyl (C=O) groups excluding carboxylic acids is 1. The molecule has 0 N–H and O–H groups in total. The summed E-state index contributed by atoms with van der Waals surface area (Å²) in [6.45, 7) is 0.700. The molecule has 0 aromatic heterocycles. The van der Waals surface area contributed by atoms with E-state index < -0.39 is 5.60 Å². The molecule has 1 heterocycles. The standard InChI is InChI=1S/C25H23FO3/c1-28-24(27)20-7-3-18(4-8-20)17-19-5-9-21(10-6-19)25(15-2-16-29-25)22-11-13-23(26)14-12-22/h3-14H,2,15-17H2,1H3. The first-order valence-corrected chi connectivity index (χ1v) is 9.77. The Morgan fingerprint density at radius 2 is 1.48 bits per heavy atom. The molecule has 3 nitrogen and oxygen atoms in total. The van der Waals surface area contributed by atoms with Crippen molar-refractivity contribution in [1.82, 2.24) is 0 Å². The molecule has 1 fully saturated rings. The highest BCUT2D eigenvalue weighted by Crippen LogP contribution is 2.42. The van der Waals surface area contributed by atoms with E-state index in [9.17, 15) is 9.18 Å². The number of benzene rings is 3. The highest BCUT2D eigenvalue weighted by atomic mass is 19.1. The van der Waals surface area contributed by atoms with E-state index in [1.807, 2.05) is 24.3 Å². The van der Waals surface area contributed by atoms with E-state index in [4.69, 9.17) is 9.47 Å². The normalized spacial score (nSPS) is 18.6. The van der Waals surface area contributed by atoms with Gasteiger partial charge in [-0.15, -0.1) is 0 Å². The summed E-state index contributed by atoms with van der Waals surface area (Å²) in [5.41, 5.74) is 4.41. The minimum atomic E-state index is -0.506. The number of methoxy groups -OCH3 is 1. The minimum Gasteiger partial charge on any atom is -0.465 e. The van der Waals surface area contributed by atoms with Crippen molar-refractivity contribution in [2.45, 2.75) is 24.9 Å². The number of ether oxygens (including phenoxy) is 2. The Morgan fingerprint density at radius 3 is 2.00 bits per heavy atom. The Balaban J connectivity index is 1.55. The van der Waals surface area contributed by atoms with E-state index in [-0.39, 0.29) is 11.8 Å². The summed E-state index contributed by atoms with van der Waals surface area (Å²) in [5.74, 6) is -0.570. The van der Waals surface area contributed by atoms with Gasteiger partial charge < -0.3 is 9.47 Å². The fourth-order valence-electron chi connectivity index (χ4n) is 3.98. The van der Waals surface area contributed by atoms with E-state index in [0.29, 0.717) is 12.2 Å². The van der Waals surface area contributed by atoms with Gasteiger partial charge in [0, 0.05) is 6.61 Å². The molecule has 0 radical (unpaired) electrons. The maximum absolute atomic E-state index is 13.4. The SMILES string of the molecule is COC(=O)c1ccc(Cc2ccc(C3(c4ccc(F)cc4)CCCO3)cc2)cc1. The Morgan fingerprint density at radius 1 is 0.931 bits per heavy atom. The van der Waals surface area contributed by atoms with Gasteiger partial charge in [-0.1, -0.05) is 48.5 Å². The molecule has 29 heavy (non-hydrogen) atoms. The second-order valence-corrected chi connectivity index (χ2v) is 7.35. The van der Waals surface area contributed by atoms with E-state index >= 15 is 0 Å². The predicted molar refractivity (Wildman–Crippen MR) is 109 cm³/mol. The topological polar surface area (TPSA) is 35.5 Å². The van der Waals surface area contributed by atoms with Gasteiger partial charge in [0.05, 0.1) is 12.7 Å². The minimum absolute atomic E-state index is 0.240. The highest BCUT2D eigenvalue weighted by molar-refractivity contribution is 5.89. The fraction of sp³-hybridized carbons (Fsp3) is 0.240. The summed E-state index contributed by atoms with van der Waals surface area (Å²) in [5, 5.41) is 0. The van der Waals surface area contributed by atoms with Gasteiger partial charge >= 0.3 is 5.97 Å². The predicted octanol–water partition coefficient (Wildman–Crippen LogP) is 5.26. The van der Waals surface area contributed by atoms with Gasteiger partial charge in [-0.3, -0.25) is 0 Å². The first-order valence-electron chi connectivity index (χ1n) is 9.77. The van der Waals surface area contributed by atoms with Crippen LogP contribution >= 0.6 is 0 Å². The molecule has 0 saturated carbocycles. The van der Waals surface area contributed by atoms with Crippen LogP contribution in [-0.4, -0.2) is 19.7 Å². The zero-order chi connectivity index (χ0) is 20.3. The summed E-state index contributed by atoms with van der Waals surface area (Å²) < 4.78 is 24.3. The van der Waals surface area contributed by atoms with Crippen molar-refractivity contribution >= 4 is 5.97 Å². The third-order valence-electron chi connectivity index (χ3n) is 5.54. The molecule has 1 unspecified atom stereocenters. The van der Waals surface area contributed by atoms with Gasteiger partial charge in [-0.05, 0) is 65.8 Å². The molecule has 1 saturated heterocycles. The van der Waals surface area contributed by atoms with E-state index in [0.717, 1.165) is 36.0 Å². The molecule has 3 aromatic carbocycles. The number of hydrogen-bond acceptors (Lipinski definition) is 3. The van der Waals surface area contributed by atoms with Crippen molar-refractivity contribution in [3.05, 3.63) is 106 Å². The Hall–Kier alpha value is -2.98. The van der Waals surface area contributed by atoms with Crippen molar-refractivity contribution in [3.8, 4) is 0 Å². The van der Waals surface area contributed by atoms with Crippen molar-refractivity contribution in [2.75, 3.05) is 13.7 Å². The van der Waals surface area contributed by atoms with Gasteiger partial charge in [-0.25, -0.2) is 9.18 Å². The molecule has 4 rings (SSSR count). The smallest absolute Gasteiger partial charge is 0.337 e. The van der Waals surface area contributed by atoms with Crippen LogP contribution in [0, 0.1) is 5.82 Å². The first-order chi connectivity index (χ1) is 14.1. The Labute approximate surface area is 170 Å². The van der Waals surface area contributed by atoms with Crippen molar-refractivity contribution < 1.29 is 18.7 Å². The average Bonchev–Trinajstić information content (AvgIpc) is 3.26. The van der Waals surface area contributed by atoms with Crippen molar-refractivity contribution in [1.29, 1.82) is 0 Å². The molecule has 4 heteroatoms. The van der Waals surface area contributed by atoms with Crippen LogP contribution in [0.3, 0.4) is 0 Å². The monoisotopic (exact) mass is 390 g/mol. The van der Waals surface area contributed by atoms with E-state index in [2.05, 4.69) is 24.3 Å². The van der Waals surface area contributed by atoms with Gasteiger partial charge in [-0.2, -0.15) is 0 Å². The Kier molecular flexibility index (Phi) is 5.45. The molecule has 3 aromatic rings. The van der Waals surface area contributed by atoms with Crippen LogP contribution in [0.15, 0.2) is 72.8 Å². The molecule has 1 atom stereocenters. The van der Waals surface area contributed by atoms with Crippen LogP contribution < -0.4 is 0 Å². The van der Waals surface area contributed by atoms with Crippen LogP contribution in [0.5, 0.6) is 0 Å². The summed E-state index contributed by atoms with van der Waals surface area (Å²) in [7, 11) is 1.38. The number of hydrogen-bond donors (Lipinski definition) is 0. The van der Waals surface area contributed by atoms with E-state index in [1.54, 1.807) is 12.1 Å². The van der Waals surface area contributed by atoms with Crippen LogP contribution in [0.25, 0.3) is 0 Å². The number of esters is 1. The lowest BCUT2D eigenvalue weighted by Crippen LogP contribution is -2.26. The number of halogens is 1. The second-order valence-electron chi connectivity index (χ2n) is 7.35. The second kappa shape index (κ2) is 8.18. The first kappa shape index (κ1) is 19.3. The third kappa shape index (κ3) is 3.94. The summed E-state index contributed by atoms with van der Waals surface area (Å²) in [6, 6.07) is 22.5. The molecule has 148 valence electrons. The molecule has 0 aliphatic carbocycles. The van der Waals surface area contributed by atoms with Crippen LogP contribution in [0.4, 0.5) is 4.39 Å². The lowest BCUT2D eigenvalue weighted by atomic mass is 9.83. The summed E-state index contributed by atoms with van der Waals surface area (Å²) >= 11 is 0. The van der Waals surface area contributed by atoms with Crippen LogP contribution in [-0.2, 0) is 21.5 Å². The molecule has 0 bridgehead atoms. The molecule has 0 amide bonds. The lowest BCUT2D eigenvalue weighted by Gasteiger charge is -2.30. The fourth-order valence-corrected chi connectivity index (χ4v) is 3.98. The van der Waals surface area contributed by atoms with Gasteiger partial charge in [0.2, 0.25) is 0 Å². The molecular weight excluding hydrogens is 367 g/mol. The maximum Gasteiger partial charge on any atom is 0.337 e. The van der Waals surface area contributed by atoms with Crippen molar-refractivity contribution in [2.24, 2.45) is 0 Å². The third-order valence-corrected chi connectivity index (χ3v) is 5.54. The lowest BCUT2D eigenvalue weighted by molar-refractivity contribution is 0.0359. The molecule has 1 aliphatic rings. The molecule has 1 aliphatic heterocycles. The molecular formula is C25H23FO3. The largest absolute Gasteiger partial charge is 0.465 e. The van der Waals surface area contributed by atoms with Gasteiger partial charge in [0.25, 0.3) is 0 Å². The zero-order valence-corrected chi connectivity index (χ0v) is 16.4. The van der Waals surface area contributed by atoms with Crippen LogP contribution in [0.1, 0.15) is 45.5 Å². The number of carbonyl (C=O) groups is 1. The summed E-state index contributed by atoms with van der Waals surface area (Å²) in [6.07, 6.45) is 2.63. The van der Waals surface area contributed by atoms with Crippen LogP contribution in [0.2, 0.25) is 0 Å². The van der Waals surface area contributed by atoms with Gasteiger partial charge in [0.1, 0.15) is 11.4 Å². The quantitative estimate of drug-likeness (QED) is 0.558. The van der Waals surface area contributed by atoms with Gasteiger partial charge in [0.15, 0.2) is 0 Å². The Bertz CT molecular complexity index is 970. The van der Waals surface area contributed by atoms with Crippen molar-refractivity contribution in [3.63, 3.8) is 0 Å². The molecule has 0 spiro atoms. The average molecular weight is 390 g/mol. The highest BCUT2D eigenvalue weighted by Gasteiger charge is 2.38. The zero-order valence-electron chi connectivity index (χ0n) is 16.4. The maximum atomic E-state index is 13.4. The number of rotatable bonds is 5. The van der Waals surface area contributed by atoms with E-state index in [1.165, 1.54) is 24.8 Å². The summed E-state index contributed by atoms with van der Waals surface area (Å²) in [4.78, 5) is 11.6.